The minimum Gasteiger partial charge on any atom is -0.466 e. The predicted octanol–water partition coefficient (Wildman–Crippen LogP) is 0.378. The average molecular weight is 327 g/mol. The van der Waals surface area contributed by atoms with Crippen molar-refractivity contribution < 1.29 is 27.5 Å². The Morgan fingerprint density at radius 1 is 1.14 bits per heavy atom. The molecule has 22 heavy (non-hydrogen) atoms. The summed E-state index contributed by atoms with van der Waals surface area (Å²) in [6.45, 7) is -0.189. The number of benzene rings is 1. The number of methoxy groups -OCH3 is 1. The van der Waals surface area contributed by atoms with Crippen molar-refractivity contribution in [2.75, 3.05) is 20.3 Å². The lowest BCUT2D eigenvalue weighted by molar-refractivity contribution is -0.139. The molecular formula is C14H17NO6S. The van der Waals surface area contributed by atoms with Gasteiger partial charge in [-0.3, -0.25) is 0 Å². The molecule has 0 fully saturated rings. The first-order valence-electron chi connectivity index (χ1n) is 6.37. The van der Waals surface area contributed by atoms with Gasteiger partial charge in [-0.1, -0.05) is 30.3 Å². The molecule has 0 amide bonds. The van der Waals surface area contributed by atoms with E-state index in [-0.39, 0.29) is 18.9 Å². The lowest BCUT2D eigenvalue weighted by Crippen LogP contribution is -2.29. The molecule has 0 aromatic heterocycles. The molecule has 0 spiro atoms. The van der Waals surface area contributed by atoms with E-state index < -0.39 is 22.0 Å². The van der Waals surface area contributed by atoms with Gasteiger partial charge in [0.1, 0.15) is 6.61 Å². The highest BCUT2D eigenvalue weighted by atomic mass is 32.2. The Hall–Kier alpha value is -2.19. The van der Waals surface area contributed by atoms with Crippen molar-refractivity contribution in [2.24, 2.45) is 0 Å². The molecule has 0 aliphatic rings. The lowest BCUT2D eigenvalue weighted by Gasteiger charge is -2.06. The molecule has 120 valence electrons. The zero-order valence-corrected chi connectivity index (χ0v) is 12.8. The zero-order chi connectivity index (χ0) is 16.4. The van der Waals surface area contributed by atoms with Crippen molar-refractivity contribution in [3.8, 4) is 0 Å². The summed E-state index contributed by atoms with van der Waals surface area (Å²) < 4.78 is 34.9. The monoisotopic (exact) mass is 327 g/mol. The summed E-state index contributed by atoms with van der Waals surface area (Å²) in [7, 11) is -2.32. The van der Waals surface area contributed by atoms with Crippen molar-refractivity contribution >= 4 is 22.0 Å². The summed E-state index contributed by atoms with van der Waals surface area (Å²) in [5, 5.41) is 0. The van der Waals surface area contributed by atoms with E-state index in [9.17, 15) is 18.0 Å². The van der Waals surface area contributed by atoms with Crippen LogP contribution >= 0.6 is 0 Å². The van der Waals surface area contributed by atoms with Crippen LogP contribution in [-0.2, 0) is 34.8 Å². The van der Waals surface area contributed by atoms with Gasteiger partial charge in [-0.25, -0.2) is 22.7 Å². The Kier molecular flexibility index (Phi) is 7.27. The van der Waals surface area contributed by atoms with Crippen LogP contribution in [0.1, 0.15) is 5.56 Å². The molecule has 0 heterocycles. The van der Waals surface area contributed by atoms with Gasteiger partial charge in [0.2, 0.25) is 10.0 Å². The molecule has 1 aromatic carbocycles. The van der Waals surface area contributed by atoms with E-state index in [0.29, 0.717) is 5.56 Å². The van der Waals surface area contributed by atoms with Crippen LogP contribution in [0.3, 0.4) is 0 Å². The highest BCUT2D eigenvalue weighted by Gasteiger charge is 2.10. The second-order valence-corrected chi connectivity index (χ2v) is 5.97. The Morgan fingerprint density at radius 3 is 2.41 bits per heavy atom. The molecule has 0 saturated carbocycles. The van der Waals surface area contributed by atoms with E-state index >= 15 is 0 Å². The maximum absolute atomic E-state index is 11.8. The third-order valence-corrected chi connectivity index (χ3v) is 3.78. The van der Waals surface area contributed by atoms with E-state index in [1.165, 1.54) is 7.11 Å². The van der Waals surface area contributed by atoms with E-state index in [0.717, 1.165) is 12.2 Å². The number of carbonyl (C=O) groups excluding carboxylic acids is 2. The number of sulfonamides is 1. The summed E-state index contributed by atoms with van der Waals surface area (Å²) >= 11 is 0. The molecule has 1 rings (SSSR count). The molecule has 0 radical (unpaired) electrons. The maximum Gasteiger partial charge on any atom is 0.331 e. The van der Waals surface area contributed by atoms with Crippen molar-refractivity contribution in [1.29, 1.82) is 0 Å². The van der Waals surface area contributed by atoms with Crippen LogP contribution in [0.4, 0.5) is 0 Å². The highest BCUT2D eigenvalue weighted by Crippen LogP contribution is 2.03. The molecular weight excluding hydrogens is 310 g/mol. The van der Waals surface area contributed by atoms with Crippen molar-refractivity contribution in [1.82, 2.24) is 4.72 Å². The number of nitrogens with one attached hydrogen (secondary N) is 1. The van der Waals surface area contributed by atoms with Gasteiger partial charge < -0.3 is 9.47 Å². The predicted molar refractivity (Wildman–Crippen MR) is 79.2 cm³/mol. The standard InChI is InChI=1S/C14H17NO6S/c1-20-13(16)7-8-14(17)21-10-9-15-22(18,19)11-12-5-3-2-4-6-12/h2-8,15H,9-11H2,1H3/b8-7+. The number of carbonyl (C=O) groups is 2. The topological polar surface area (TPSA) is 98.8 Å². The minimum absolute atomic E-state index is 0.0486. The van der Waals surface area contributed by atoms with Gasteiger partial charge in [0.15, 0.2) is 0 Å². The fraction of sp³-hybridized carbons (Fsp3) is 0.286. The first kappa shape index (κ1) is 17.9. The van der Waals surface area contributed by atoms with Crippen LogP contribution in [0, 0.1) is 0 Å². The lowest BCUT2D eigenvalue weighted by atomic mass is 10.2. The Bertz CT molecular complexity index is 624. The number of hydrogen-bond donors (Lipinski definition) is 1. The summed E-state index contributed by atoms with van der Waals surface area (Å²) in [4.78, 5) is 21.9. The van der Waals surface area contributed by atoms with Crippen LogP contribution in [0.15, 0.2) is 42.5 Å². The summed E-state index contributed by atoms with van der Waals surface area (Å²) in [6.07, 6.45) is 1.83. The minimum atomic E-state index is -3.50. The Morgan fingerprint density at radius 2 is 1.77 bits per heavy atom. The van der Waals surface area contributed by atoms with Crippen LogP contribution < -0.4 is 4.72 Å². The van der Waals surface area contributed by atoms with Crippen LogP contribution in [-0.4, -0.2) is 40.6 Å². The van der Waals surface area contributed by atoms with E-state index in [1.807, 2.05) is 0 Å². The number of rotatable bonds is 8. The molecule has 8 heteroatoms. The van der Waals surface area contributed by atoms with Crippen LogP contribution in [0.25, 0.3) is 0 Å². The number of hydrogen-bond acceptors (Lipinski definition) is 6. The molecule has 0 unspecified atom stereocenters. The second-order valence-electron chi connectivity index (χ2n) is 4.16. The Labute approximate surface area is 129 Å². The molecule has 7 nitrogen and oxygen atoms in total. The Balaban J connectivity index is 2.30. The van der Waals surface area contributed by atoms with Gasteiger partial charge in [0.05, 0.1) is 12.9 Å². The van der Waals surface area contributed by atoms with Crippen molar-refractivity contribution in [3.63, 3.8) is 0 Å². The van der Waals surface area contributed by atoms with Gasteiger partial charge in [0, 0.05) is 18.7 Å². The molecule has 0 bridgehead atoms. The molecule has 0 atom stereocenters. The van der Waals surface area contributed by atoms with E-state index in [1.54, 1.807) is 30.3 Å². The smallest absolute Gasteiger partial charge is 0.331 e. The number of ether oxygens (including phenoxy) is 2. The first-order chi connectivity index (χ1) is 10.4. The number of esters is 2. The quantitative estimate of drug-likeness (QED) is 0.421. The third kappa shape index (κ3) is 7.55. The fourth-order valence-electron chi connectivity index (χ4n) is 1.45. The maximum atomic E-state index is 11.8. The summed E-state index contributed by atoms with van der Waals surface area (Å²) in [5.41, 5.74) is 0.660. The molecule has 0 saturated heterocycles. The normalized spacial score (nSPS) is 11.3. The van der Waals surface area contributed by atoms with Gasteiger partial charge in [-0.2, -0.15) is 0 Å². The molecule has 0 aliphatic carbocycles. The summed E-state index contributed by atoms with van der Waals surface area (Å²) in [6, 6.07) is 8.71. The SMILES string of the molecule is COC(=O)/C=C/C(=O)OCCNS(=O)(=O)Cc1ccccc1. The van der Waals surface area contributed by atoms with E-state index in [4.69, 9.17) is 4.74 Å². The molecule has 1 N–H and O–H groups in total. The largest absolute Gasteiger partial charge is 0.466 e. The summed E-state index contributed by atoms with van der Waals surface area (Å²) in [5.74, 6) is -1.59. The zero-order valence-electron chi connectivity index (χ0n) is 12.0. The van der Waals surface area contributed by atoms with Crippen molar-refractivity contribution in [2.45, 2.75) is 5.75 Å². The highest BCUT2D eigenvalue weighted by molar-refractivity contribution is 7.88. The first-order valence-corrected chi connectivity index (χ1v) is 8.02. The van der Waals surface area contributed by atoms with Gasteiger partial charge in [-0.05, 0) is 5.56 Å². The molecule has 1 aromatic rings. The van der Waals surface area contributed by atoms with Crippen LogP contribution in [0.2, 0.25) is 0 Å². The fourth-order valence-corrected chi connectivity index (χ4v) is 2.57. The second kappa shape index (κ2) is 8.96. The van der Waals surface area contributed by atoms with Crippen molar-refractivity contribution in [3.05, 3.63) is 48.0 Å². The van der Waals surface area contributed by atoms with Gasteiger partial charge >= 0.3 is 11.9 Å². The van der Waals surface area contributed by atoms with Gasteiger partial charge in [0.25, 0.3) is 0 Å². The third-order valence-electron chi connectivity index (χ3n) is 2.42. The van der Waals surface area contributed by atoms with E-state index in [2.05, 4.69) is 9.46 Å². The molecule has 0 aliphatic heterocycles. The average Bonchev–Trinajstić information content (AvgIpc) is 2.49. The van der Waals surface area contributed by atoms with Gasteiger partial charge in [-0.15, -0.1) is 0 Å². The van der Waals surface area contributed by atoms with Crippen LogP contribution in [0.5, 0.6) is 0 Å².